The molecule has 0 saturated carbocycles. The van der Waals surface area contributed by atoms with Crippen LogP contribution in [0.5, 0.6) is 0 Å². The van der Waals surface area contributed by atoms with Crippen LogP contribution in [-0.2, 0) is 0 Å². The highest BCUT2D eigenvalue weighted by molar-refractivity contribution is 9.10. The fourth-order valence-electron chi connectivity index (χ4n) is 1.33. The Kier molecular flexibility index (Phi) is 2.88. The number of aryl methyl sites for hydroxylation is 2. The Bertz CT molecular complexity index is 272. The summed E-state index contributed by atoms with van der Waals surface area (Å²) in [5, 5.41) is 18.0. The zero-order chi connectivity index (χ0) is 9.30. The molecule has 0 amide bonds. The van der Waals surface area contributed by atoms with Crippen LogP contribution in [0.15, 0.2) is 16.6 Å². The van der Waals surface area contributed by atoms with E-state index < -0.39 is 6.29 Å². The van der Waals surface area contributed by atoms with Crippen molar-refractivity contribution in [2.45, 2.75) is 20.1 Å². The first-order valence-corrected chi connectivity index (χ1v) is 4.44. The molecule has 1 aromatic rings. The summed E-state index contributed by atoms with van der Waals surface area (Å²) in [7, 11) is 0. The Morgan fingerprint density at radius 3 is 1.92 bits per heavy atom. The smallest absolute Gasteiger partial charge is 0.178 e. The Morgan fingerprint density at radius 1 is 1.17 bits per heavy atom. The van der Waals surface area contributed by atoms with Gasteiger partial charge in [0, 0.05) is 10.0 Å². The van der Waals surface area contributed by atoms with Crippen LogP contribution < -0.4 is 0 Å². The second-order valence-electron chi connectivity index (χ2n) is 2.83. The van der Waals surface area contributed by atoms with Crippen molar-refractivity contribution < 1.29 is 10.2 Å². The monoisotopic (exact) mass is 230 g/mol. The highest BCUT2D eigenvalue weighted by atomic mass is 79.9. The minimum absolute atomic E-state index is 0.596. The molecule has 1 aromatic carbocycles. The molecule has 2 N–H and O–H groups in total. The normalized spacial score (nSPS) is 10.8. The molecule has 0 spiro atoms. The molecule has 0 atom stereocenters. The number of benzene rings is 1. The first-order valence-electron chi connectivity index (χ1n) is 3.65. The number of hydrogen-bond donors (Lipinski definition) is 2. The van der Waals surface area contributed by atoms with Gasteiger partial charge in [0.25, 0.3) is 0 Å². The Balaban J connectivity index is 3.28. The highest BCUT2D eigenvalue weighted by Crippen LogP contribution is 2.24. The first kappa shape index (κ1) is 9.71. The van der Waals surface area contributed by atoms with E-state index in [-0.39, 0.29) is 0 Å². The summed E-state index contributed by atoms with van der Waals surface area (Å²) in [6, 6.07) is 3.73. The SMILES string of the molecule is Cc1cc(Br)cc(C)c1C(O)O. The molecule has 0 unspecified atom stereocenters. The third-order valence-electron chi connectivity index (χ3n) is 1.82. The second-order valence-corrected chi connectivity index (χ2v) is 3.74. The number of aliphatic hydroxyl groups is 2. The van der Waals surface area contributed by atoms with Gasteiger partial charge in [0.1, 0.15) is 0 Å². The average Bonchev–Trinajstić information content (AvgIpc) is 1.82. The van der Waals surface area contributed by atoms with Crippen molar-refractivity contribution in [3.63, 3.8) is 0 Å². The first-order chi connectivity index (χ1) is 5.52. The van der Waals surface area contributed by atoms with Crippen LogP contribution in [0.4, 0.5) is 0 Å². The fraction of sp³-hybridized carbons (Fsp3) is 0.333. The quantitative estimate of drug-likeness (QED) is 0.726. The van der Waals surface area contributed by atoms with Crippen molar-refractivity contribution >= 4 is 15.9 Å². The minimum atomic E-state index is -1.38. The van der Waals surface area contributed by atoms with Crippen LogP contribution >= 0.6 is 15.9 Å². The van der Waals surface area contributed by atoms with E-state index in [0.717, 1.165) is 15.6 Å². The lowest BCUT2D eigenvalue weighted by Crippen LogP contribution is -2.01. The molecule has 0 bridgehead atoms. The van der Waals surface area contributed by atoms with Crippen LogP contribution in [0.3, 0.4) is 0 Å². The summed E-state index contributed by atoms with van der Waals surface area (Å²) < 4.78 is 0.960. The lowest BCUT2D eigenvalue weighted by atomic mass is 10.0. The van der Waals surface area contributed by atoms with E-state index in [4.69, 9.17) is 10.2 Å². The predicted octanol–water partition coefficient (Wildman–Crippen LogP) is 2.05. The third-order valence-corrected chi connectivity index (χ3v) is 2.27. The zero-order valence-electron chi connectivity index (χ0n) is 7.00. The maximum Gasteiger partial charge on any atom is 0.178 e. The largest absolute Gasteiger partial charge is 0.364 e. The lowest BCUT2D eigenvalue weighted by Gasteiger charge is -2.11. The van der Waals surface area contributed by atoms with E-state index in [1.807, 2.05) is 26.0 Å². The van der Waals surface area contributed by atoms with Gasteiger partial charge in [0.15, 0.2) is 6.29 Å². The van der Waals surface area contributed by atoms with E-state index in [1.54, 1.807) is 0 Å². The standard InChI is InChI=1S/C9H11BrO2/c1-5-3-7(10)4-6(2)8(5)9(11)12/h3-4,9,11-12H,1-2H3. The molecule has 66 valence electrons. The maximum atomic E-state index is 9.02. The molecule has 3 heteroatoms. The minimum Gasteiger partial charge on any atom is -0.364 e. The van der Waals surface area contributed by atoms with Crippen LogP contribution in [0, 0.1) is 13.8 Å². The van der Waals surface area contributed by atoms with Crippen molar-refractivity contribution in [1.29, 1.82) is 0 Å². The van der Waals surface area contributed by atoms with E-state index in [1.165, 1.54) is 0 Å². The van der Waals surface area contributed by atoms with E-state index in [2.05, 4.69) is 15.9 Å². The molecule has 0 saturated heterocycles. The lowest BCUT2D eigenvalue weighted by molar-refractivity contribution is -0.0433. The van der Waals surface area contributed by atoms with Gasteiger partial charge in [0.05, 0.1) is 0 Å². The summed E-state index contributed by atoms with van der Waals surface area (Å²) >= 11 is 3.33. The topological polar surface area (TPSA) is 40.5 Å². The molecular weight excluding hydrogens is 220 g/mol. The van der Waals surface area contributed by atoms with Gasteiger partial charge in [-0.15, -0.1) is 0 Å². The summed E-state index contributed by atoms with van der Waals surface area (Å²) in [5.41, 5.74) is 2.37. The molecule has 2 nitrogen and oxygen atoms in total. The van der Waals surface area contributed by atoms with Crippen LogP contribution in [0.1, 0.15) is 23.0 Å². The summed E-state index contributed by atoms with van der Waals surface area (Å²) in [4.78, 5) is 0. The molecule has 0 fully saturated rings. The van der Waals surface area contributed by atoms with Crippen molar-refractivity contribution in [2.75, 3.05) is 0 Å². The third kappa shape index (κ3) is 1.86. The van der Waals surface area contributed by atoms with Crippen molar-refractivity contribution in [3.05, 3.63) is 33.3 Å². The molecular formula is C9H11BrO2. The molecule has 0 aliphatic carbocycles. The summed E-state index contributed by atoms with van der Waals surface area (Å²) in [5.74, 6) is 0. The Morgan fingerprint density at radius 2 is 1.58 bits per heavy atom. The number of halogens is 1. The molecule has 0 aliphatic heterocycles. The van der Waals surface area contributed by atoms with Gasteiger partial charge in [-0.05, 0) is 37.1 Å². The highest BCUT2D eigenvalue weighted by Gasteiger charge is 2.10. The number of aliphatic hydroxyl groups excluding tert-OH is 1. The molecule has 12 heavy (non-hydrogen) atoms. The predicted molar refractivity (Wildman–Crippen MR) is 50.8 cm³/mol. The van der Waals surface area contributed by atoms with Gasteiger partial charge in [-0.2, -0.15) is 0 Å². The van der Waals surface area contributed by atoms with Crippen LogP contribution in [-0.4, -0.2) is 10.2 Å². The zero-order valence-corrected chi connectivity index (χ0v) is 8.59. The van der Waals surface area contributed by atoms with Gasteiger partial charge in [-0.1, -0.05) is 15.9 Å². The second kappa shape index (κ2) is 3.56. The average molecular weight is 231 g/mol. The Labute approximate surface area is 80.0 Å². The van der Waals surface area contributed by atoms with Crippen molar-refractivity contribution in [2.24, 2.45) is 0 Å². The van der Waals surface area contributed by atoms with Crippen molar-refractivity contribution in [3.8, 4) is 0 Å². The van der Waals surface area contributed by atoms with Gasteiger partial charge >= 0.3 is 0 Å². The molecule has 0 aliphatic rings. The van der Waals surface area contributed by atoms with Crippen molar-refractivity contribution in [1.82, 2.24) is 0 Å². The molecule has 0 heterocycles. The fourth-order valence-corrected chi connectivity index (χ4v) is 2.02. The van der Waals surface area contributed by atoms with Gasteiger partial charge in [-0.25, -0.2) is 0 Å². The summed E-state index contributed by atoms with van der Waals surface area (Å²) in [6.07, 6.45) is -1.38. The van der Waals surface area contributed by atoms with Crippen LogP contribution in [0.2, 0.25) is 0 Å². The van der Waals surface area contributed by atoms with Crippen LogP contribution in [0.25, 0.3) is 0 Å². The maximum absolute atomic E-state index is 9.02. The summed E-state index contributed by atoms with van der Waals surface area (Å²) in [6.45, 7) is 3.71. The molecule has 0 aromatic heterocycles. The van der Waals surface area contributed by atoms with Gasteiger partial charge in [0.2, 0.25) is 0 Å². The van der Waals surface area contributed by atoms with E-state index in [9.17, 15) is 0 Å². The van der Waals surface area contributed by atoms with Gasteiger partial charge in [-0.3, -0.25) is 0 Å². The molecule has 0 radical (unpaired) electrons. The number of rotatable bonds is 1. The molecule has 1 rings (SSSR count). The number of hydrogen-bond acceptors (Lipinski definition) is 2. The Hall–Kier alpha value is -0.380. The van der Waals surface area contributed by atoms with E-state index >= 15 is 0 Å². The van der Waals surface area contributed by atoms with E-state index in [0.29, 0.717) is 5.56 Å². The van der Waals surface area contributed by atoms with Gasteiger partial charge < -0.3 is 10.2 Å².